The molecule has 0 bridgehead atoms. The molecule has 240 valence electrons. The number of rotatable bonds is 28. The third-order valence-corrected chi connectivity index (χ3v) is 7.18. The van der Waals surface area contributed by atoms with E-state index in [0.717, 1.165) is 32.1 Å². The molecule has 0 radical (unpaired) electrons. The van der Waals surface area contributed by atoms with Crippen LogP contribution in [0.15, 0.2) is 12.2 Å². The Labute approximate surface area is 250 Å². The second-order valence-electron chi connectivity index (χ2n) is 12.1. The predicted octanol–water partition coefficient (Wildman–Crippen LogP) is 7.24. The highest BCUT2D eigenvalue weighted by molar-refractivity contribution is 5.72. The van der Waals surface area contributed by atoms with Crippen LogP contribution in [0.25, 0.3) is 0 Å². The number of likely N-dealkylation sites (N-methyl/N-ethyl adjacent to an activating group) is 1. The molecule has 0 aliphatic rings. The van der Waals surface area contributed by atoms with Crippen LogP contribution in [0, 0.1) is 0 Å². The lowest BCUT2D eigenvalue weighted by molar-refractivity contribution is -0.887. The number of unbranched alkanes of at least 4 members (excludes halogenated alkanes) is 12. The molecule has 0 aromatic heterocycles. The summed E-state index contributed by atoms with van der Waals surface area (Å²) in [5.74, 6) is -1.54. The smallest absolute Gasteiger partial charge is 0.362 e. The molecule has 8 heteroatoms. The quantitative estimate of drug-likeness (QED) is 0.0448. The monoisotopic (exact) mass is 584 g/mol. The minimum atomic E-state index is -0.881. The van der Waals surface area contributed by atoms with Crippen LogP contribution in [-0.4, -0.2) is 80.6 Å². The van der Waals surface area contributed by atoms with Gasteiger partial charge in [0.15, 0.2) is 12.1 Å². The van der Waals surface area contributed by atoms with Gasteiger partial charge in [-0.1, -0.05) is 96.6 Å². The third-order valence-electron chi connectivity index (χ3n) is 7.18. The van der Waals surface area contributed by atoms with Crippen LogP contribution in [0.1, 0.15) is 129 Å². The molecule has 0 aromatic carbocycles. The maximum absolute atomic E-state index is 12.5. The molecular weight excluding hydrogens is 522 g/mol. The molecule has 2 atom stereocenters. The molecule has 0 saturated heterocycles. The SMILES string of the molecule is CCCCC/C=C/CCC(=O)OCC(COCCC(C(=O)O)[N+](C)(C)C)OC(=O)CCCCCCCCCCCC. The van der Waals surface area contributed by atoms with Gasteiger partial charge in [-0.3, -0.25) is 9.59 Å². The minimum absolute atomic E-state index is 0.0534. The minimum Gasteiger partial charge on any atom is -0.477 e. The topological polar surface area (TPSA) is 99.1 Å². The van der Waals surface area contributed by atoms with Crippen molar-refractivity contribution in [1.82, 2.24) is 0 Å². The van der Waals surface area contributed by atoms with Crippen LogP contribution >= 0.6 is 0 Å². The first-order valence-electron chi connectivity index (χ1n) is 16.2. The van der Waals surface area contributed by atoms with Gasteiger partial charge in [0, 0.05) is 19.3 Å². The number of allylic oxidation sites excluding steroid dienone is 2. The summed E-state index contributed by atoms with van der Waals surface area (Å²) in [5, 5.41) is 9.52. The van der Waals surface area contributed by atoms with Gasteiger partial charge in [0.05, 0.1) is 34.4 Å². The van der Waals surface area contributed by atoms with E-state index >= 15 is 0 Å². The van der Waals surface area contributed by atoms with Crippen molar-refractivity contribution in [2.75, 3.05) is 41.0 Å². The van der Waals surface area contributed by atoms with Crippen molar-refractivity contribution in [1.29, 1.82) is 0 Å². The lowest BCUT2D eigenvalue weighted by atomic mass is 10.1. The van der Waals surface area contributed by atoms with E-state index in [2.05, 4.69) is 19.9 Å². The standard InChI is InChI=1S/C33H61NO7/c1-6-8-10-12-14-15-16-18-20-22-24-32(36)41-29(27-39-26-25-30(33(37)38)34(3,4)5)28-40-31(35)23-21-19-17-13-11-9-7-2/h17,19,29-30H,6-16,18,20-28H2,1-5H3/p+1/b19-17+. The third kappa shape index (κ3) is 24.4. The molecule has 0 fully saturated rings. The van der Waals surface area contributed by atoms with Gasteiger partial charge in [-0.15, -0.1) is 0 Å². The number of nitrogens with zero attached hydrogens (tertiary/aromatic N) is 1. The van der Waals surface area contributed by atoms with E-state index in [-0.39, 0.29) is 42.7 Å². The summed E-state index contributed by atoms with van der Waals surface area (Å²) < 4.78 is 17.0. The number of aliphatic carboxylic acids is 1. The number of carbonyl (C=O) groups excluding carboxylic acids is 2. The van der Waals surface area contributed by atoms with E-state index in [1.165, 1.54) is 57.8 Å². The molecule has 0 heterocycles. The van der Waals surface area contributed by atoms with Crippen LogP contribution in [0.4, 0.5) is 0 Å². The van der Waals surface area contributed by atoms with Crippen molar-refractivity contribution >= 4 is 17.9 Å². The first kappa shape index (κ1) is 39.1. The van der Waals surface area contributed by atoms with Gasteiger partial charge in [-0.05, 0) is 25.7 Å². The highest BCUT2D eigenvalue weighted by atomic mass is 16.6. The number of carboxylic acid groups (broad SMARTS) is 1. The Balaban J connectivity index is 4.53. The summed E-state index contributed by atoms with van der Waals surface area (Å²) in [6.45, 7) is 4.59. The van der Waals surface area contributed by atoms with Crippen molar-refractivity contribution in [3.05, 3.63) is 12.2 Å². The van der Waals surface area contributed by atoms with E-state index in [4.69, 9.17) is 14.2 Å². The van der Waals surface area contributed by atoms with Crippen LogP contribution in [0.5, 0.6) is 0 Å². The van der Waals surface area contributed by atoms with E-state index in [9.17, 15) is 19.5 Å². The number of carboxylic acids is 1. The summed E-state index contributed by atoms with van der Waals surface area (Å²) in [6, 6.07) is -0.611. The van der Waals surface area contributed by atoms with Gasteiger partial charge in [0.25, 0.3) is 0 Å². The molecular formula is C33H62NO7+. The number of ether oxygens (including phenoxy) is 3. The van der Waals surface area contributed by atoms with Crippen molar-refractivity contribution in [2.24, 2.45) is 0 Å². The summed E-state index contributed by atoms with van der Waals surface area (Å²) >= 11 is 0. The van der Waals surface area contributed by atoms with Crippen molar-refractivity contribution in [3.8, 4) is 0 Å². The van der Waals surface area contributed by atoms with Crippen molar-refractivity contribution in [3.63, 3.8) is 0 Å². The first-order valence-corrected chi connectivity index (χ1v) is 16.2. The number of carbonyl (C=O) groups is 3. The molecule has 0 aliphatic carbocycles. The molecule has 0 amide bonds. The van der Waals surface area contributed by atoms with Crippen LogP contribution in [-0.2, 0) is 28.6 Å². The zero-order chi connectivity index (χ0) is 30.8. The molecule has 2 unspecified atom stereocenters. The van der Waals surface area contributed by atoms with Gasteiger partial charge in [-0.25, -0.2) is 4.79 Å². The van der Waals surface area contributed by atoms with E-state index in [0.29, 0.717) is 19.3 Å². The molecule has 0 aromatic rings. The Morgan fingerprint density at radius 2 is 1.27 bits per heavy atom. The maximum atomic E-state index is 12.5. The Morgan fingerprint density at radius 1 is 0.707 bits per heavy atom. The molecule has 0 rings (SSSR count). The number of hydrogen-bond acceptors (Lipinski definition) is 6. The average molecular weight is 585 g/mol. The predicted molar refractivity (Wildman–Crippen MR) is 165 cm³/mol. The van der Waals surface area contributed by atoms with Gasteiger partial charge < -0.3 is 23.8 Å². The fourth-order valence-electron chi connectivity index (χ4n) is 4.58. The van der Waals surface area contributed by atoms with Crippen LogP contribution in [0.3, 0.4) is 0 Å². The zero-order valence-electron chi connectivity index (χ0n) is 27.0. The fraction of sp³-hybridized carbons (Fsp3) is 0.848. The van der Waals surface area contributed by atoms with E-state index in [1.807, 2.05) is 27.2 Å². The van der Waals surface area contributed by atoms with Gasteiger partial charge in [-0.2, -0.15) is 0 Å². The summed E-state index contributed by atoms with van der Waals surface area (Å²) in [7, 11) is 5.49. The maximum Gasteiger partial charge on any atom is 0.362 e. The number of hydrogen-bond donors (Lipinski definition) is 1. The first-order chi connectivity index (χ1) is 19.6. The lowest BCUT2D eigenvalue weighted by Gasteiger charge is -2.31. The largest absolute Gasteiger partial charge is 0.477 e. The Kier molecular flexibility index (Phi) is 24.5. The Hall–Kier alpha value is -1.93. The number of esters is 2. The van der Waals surface area contributed by atoms with Crippen molar-refractivity contribution < 1.29 is 38.2 Å². The van der Waals surface area contributed by atoms with Crippen LogP contribution in [0.2, 0.25) is 0 Å². The molecule has 1 N–H and O–H groups in total. The normalized spacial score (nSPS) is 13.3. The Bertz CT molecular complexity index is 702. The lowest BCUT2D eigenvalue weighted by Crippen LogP contribution is -2.50. The molecule has 0 aliphatic heterocycles. The highest BCUT2D eigenvalue weighted by Gasteiger charge is 2.31. The Morgan fingerprint density at radius 3 is 1.85 bits per heavy atom. The second kappa shape index (κ2) is 25.8. The van der Waals surface area contributed by atoms with Crippen LogP contribution < -0.4 is 0 Å². The second-order valence-corrected chi connectivity index (χ2v) is 12.1. The molecule has 41 heavy (non-hydrogen) atoms. The van der Waals surface area contributed by atoms with Gasteiger partial charge in [0.2, 0.25) is 0 Å². The summed E-state index contributed by atoms with van der Waals surface area (Å²) in [6.07, 6.45) is 21.4. The van der Waals surface area contributed by atoms with Gasteiger partial charge in [0.1, 0.15) is 6.61 Å². The van der Waals surface area contributed by atoms with Gasteiger partial charge >= 0.3 is 17.9 Å². The highest BCUT2D eigenvalue weighted by Crippen LogP contribution is 2.13. The molecule has 0 saturated carbocycles. The molecule has 8 nitrogen and oxygen atoms in total. The van der Waals surface area contributed by atoms with E-state index in [1.54, 1.807) is 0 Å². The van der Waals surface area contributed by atoms with Crippen molar-refractivity contribution in [2.45, 2.75) is 142 Å². The van der Waals surface area contributed by atoms with E-state index < -0.39 is 18.1 Å². The molecule has 0 spiro atoms. The fourth-order valence-corrected chi connectivity index (χ4v) is 4.58. The zero-order valence-corrected chi connectivity index (χ0v) is 27.0. The summed E-state index contributed by atoms with van der Waals surface area (Å²) in [5.41, 5.74) is 0. The summed E-state index contributed by atoms with van der Waals surface area (Å²) in [4.78, 5) is 36.4. The number of quaternary nitrogens is 1. The average Bonchev–Trinajstić information content (AvgIpc) is 2.91.